The molecule has 2 fully saturated rings. The molecule has 7 nitrogen and oxygen atoms in total. The maximum Gasteiger partial charge on any atom is 0.391 e. The van der Waals surface area contributed by atoms with Gasteiger partial charge in [0.05, 0.1) is 12.5 Å². The van der Waals surface area contributed by atoms with Gasteiger partial charge in [-0.05, 0) is 55.6 Å². The van der Waals surface area contributed by atoms with Gasteiger partial charge >= 0.3 is 6.18 Å². The van der Waals surface area contributed by atoms with E-state index in [0.29, 0.717) is 37.4 Å². The summed E-state index contributed by atoms with van der Waals surface area (Å²) in [5, 5.41) is 2.30. The lowest BCUT2D eigenvalue weighted by atomic mass is 9.96. The van der Waals surface area contributed by atoms with Crippen molar-refractivity contribution in [2.24, 2.45) is 5.92 Å². The first-order chi connectivity index (χ1) is 17.7. The molecular formula is C27H28F3N3O4. The van der Waals surface area contributed by atoms with Crippen LogP contribution in [-0.4, -0.2) is 52.8 Å². The number of carbonyl (C=O) groups excluding carboxylic acids is 3. The molecule has 0 spiro atoms. The number of imide groups is 1. The topological polar surface area (TPSA) is 79.0 Å². The number of hydrogen-bond donors (Lipinski definition) is 1. The molecule has 3 aliphatic rings. The van der Waals surface area contributed by atoms with Crippen LogP contribution in [-0.2, 0) is 29.3 Å². The van der Waals surface area contributed by atoms with E-state index in [2.05, 4.69) is 5.32 Å². The zero-order valence-electron chi connectivity index (χ0n) is 20.2. The third-order valence-corrected chi connectivity index (χ3v) is 7.41. The van der Waals surface area contributed by atoms with Crippen LogP contribution in [0.15, 0.2) is 42.5 Å². The first-order valence-electron chi connectivity index (χ1n) is 12.5. The van der Waals surface area contributed by atoms with Crippen LogP contribution in [0.25, 0.3) is 0 Å². The normalized spacial score (nSPS) is 21.2. The molecule has 1 unspecified atom stereocenters. The smallest absolute Gasteiger partial charge is 0.391 e. The molecule has 0 bridgehead atoms. The highest BCUT2D eigenvalue weighted by atomic mass is 19.4. The second-order valence-corrected chi connectivity index (χ2v) is 9.88. The van der Waals surface area contributed by atoms with Gasteiger partial charge in [-0.3, -0.25) is 24.6 Å². The Morgan fingerprint density at radius 1 is 0.946 bits per heavy atom. The van der Waals surface area contributed by atoms with Gasteiger partial charge in [0.15, 0.2) is 0 Å². The van der Waals surface area contributed by atoms with Gasteiger partial charge in [0, 0.05) is 24.1 Å². The highest BCUT2D eigenvalue weighted by molar-refractivity contribution is 6.05. The number of benzene rings is 2. The van der Waals surface area contributed by atoms with Crippen molar-refractivity contribution >= 4 is 17.7 Å². The van der Waals surface area contributed by atoms with Crippen LogP contribution in [0.1, 0.15) is 52.7 Å². The summed E-state index contributed by atoms with van der Waals surface area (Å²) in [5.74, 6) is -1.67. The molecule has 3 amide bonds. The number of carbonyl (C=O) groups is 3. The van der Waals surface area contributed by atoms with Gasteiger partial charge in [0.25, 0.3) is 5.91 Å². The quantitative estimate of drug-likeness (QED) is 0.593. The molecule has 2 aromatic carbocycles. The molecule has 3 aliphatic heterocycles. The third kappa shape index (κ3) is 5.49. The first kappa shape index (κ1) is 25.3. The first-order valence-corrected chi connectivity index (χ1v) is 12.5. The minimum absolute atomic E-state index is 0.139. The summed E-state index contributed by atoms with van der Waals surface area (Å²) < 4.78 is 44.7. The van der Waals surface area contributed by atoms with E-state index in [1.807, 2.05) is 29.2 Å². The molecule has 1 atom stereocenters. The average Bonchev–Trinajstić information content (AvgIpc) is 3.20. The summed E-state index contributed by atoms with van der Waals surface area (Å²) in [5.41, 5.74) is 3.16. The summed E-state index contributed by atoms with van der Waals surface area (Å²) in [6.45, 7) is 1.99. The summed E-state index contributed by atoms with van der Waals surface area (Å²) in [7, 11) is 0. The van der Waals surface area contributed by atoms with Gasteiger partial charge in [-0.25, -0.2) is 0 Å². The van der Waals surface area contributed by atoms with Gasteiger partial charge < -0.3 is 9.64 Å². The van der Waals surface area contributed by atoms with Crippen LogP contribution in [0.5, 0.6) is 5.75 Å². The summed E-state index contributed by atoms with van der Waals surface area (Å²) in [4.78, 5) is 40.3. The van der Waals surface area contributed by atoms with Crippen molar-refractivity contribution in [2.75, 3.05) is 13.1 Å². The number of nitrogens with one attached hydrogen (secondary N) is 1. The van der Waals surface area contributed by atoms with Gasteiger partial charge in [0.2, 0.25) is 11.8 Å². The number of likely N-dealkylation sites (tertiary alicyclic amines) is 1. The lowest BCUT2D eigenvalue weighted by molar-refractivity contribution is -0.185. The second kappa shape index (κ2) is 10.2. The fourth-order valence-corrected chi connectivity index (χ4v) is 5.27. The van der Waals surface area contributed by atoms with Gasteiger partial charge in [-0.1, -0.05) is 30.3 Å². The molecule has 0 aliphatic carbocycles. The number of amides is 3. The Balaban J connectivity index is 1.17. The lowest BCUT2D eigenvalue weighted by Crippen LogP contribution is -2.52. The van der Waals surface area contributed by atoms with Gasteiger partial charge in [-0.2, -0.15) is 13.2 Å². The Bertz CT molecular complexity index is 1190. The van der Waals surface area contributed by atoms with Gasteiger partial charge in [-0.15, -0.1) is 0 Å². The number of halogens is 3. The van der Waals surface area contributed by atoms with Crippen molar-refractivity contribution < 1.29 is 32.3 Å². The standard InChI is InChI=1S/C27H28F3N3O4/c28-27(29,30)19-10-12-32(13-11-19)14-17-4-6-18(7-5-17)16-37-23-3-1-2-20-21(23)15-33(26(20)36)22-8-9-24(34)31-25(22)35/h1-7,19,22H,8-16H2,(H,31,34,35). The Morgan fingerprint density at radius 2 is 1.65 bits per heavy atom. The Hall–Kier alpha value is -3.40. The van der Waals surface area contributed by atoms with Crippen molar-refractivity contribution in [1.82, 2.24) is 15.1 Å². The zero-order chi connectivity index (χ0) is 26.2. The zero-order valence-corrected chi connectivity index (χ0v) is 20.2. The number of rotatable bonds is 6. The van der Waals surface area contributed by atoms with E-state index in [1.165, 1.54) is 4.90 Å². The van der Waals surface area contributed by atoms with E-state index in [9.17, 15) is 27.6 Å². The summed E-state index contributed by atoms with van der Waals surface area (Å²) in [6.07, 6.45) is -3.33. The fraction of sp³-hybridized carbons (Fsp3) is 0.444. The molecule has 0 radical (unpaired) electrons. The maximum atomic E-state index is 13.0. The van der Waals surface area contributed by atoms with Crippen LogP contribution < -0.4 is 10.1 Å². The van der Waals surface area contributed by atoms with Crippen molar-refractivity contribution in [3.8, 4) is 5.75 Å². The van der Waals surface area contributed by atoms with Crippen LogP contribution >= 0.6 is 0 Å². The molecule has 3 heterocycles. The molecule has 5 rings (SSSR count). The molecular weight excluding hydrogens is 487 g/mol. The molecule has 10 heteroatoms. The number of hydrogen-bond acceptors (Lipinski definition) is 5. The fourth-order valence-electron chi connectivity index (χ4n) is 5.27. The van der Waals surface area contributed by atoms with E-state index in [-0.39, 0.29) is 44.2 Å². The van der Waals surface area contributed by atoms with Crippen LogP contribution in [0, 0.1) is 5.92 Å². The Kier molecular flexibility index (Phi) is 6.94. The predicted molar refractivity (Wildman–Crippen MR) is 127 cm³/mol. The van der Waals surface area contributed by atoms with E-state index in [1.54, 1.807) is 18.2 Å². The van der Waals surface area contributed by atoms with Crippen molar-refractivity contribution in [1.29, 1.82) is 0 Å². The molecule has 0 saturated carbocycles. The van der Waals surface area contributed by atoms with Crippen LogP contribution in [0.4, 0.5) is 13.2 Å². The monoisotopic (exact) mass is 515 g/mol. The van der Waals surface area contributed by atoms with Crippen molar-refractivity contribution in [3.05, 3.63) is 64.7 Å². The van der Waals surface area contributed by atoms with E-state index in [0.717, 1.165) is 16.7 Å². The minimum Gasteiger partial charge on any atom is -0.489 e. The lowest BCUT2D eigenvalue weighted by Gasteiger charge is -2.32. The maximum absolute atomic E-state index is 13.0. The third-order valence-electron chi connectivity index (χ3n) is 7.41. The van der Waals surface area contributed by atoms with E-state index in [4.69, 9.17) is 4.74 Å². The van der Waals surface area contributed by atoms with Crippen LogP contribution in [0.2, 0.25) is 0 Å². The Labute approximate surface area is 212 Å². The SMILES string of the molecule is O=C1CCC(N2Cc3c(OCc4ccc(CN5CCC(C(F)(F)F)CC5)cc4)cccc3C2=O)C(=O)N1. The molecule has 196 valence electrons. The molecule has 1 N–H and O–H groups in total. The summed E-state index contributed by atoms with van der Waals surface area (Å²) >= 11 is 0. The number of ether oxygens (including phenoxy) is 1. The van der Waals surface area contributed by atoms with Crippen molar-refractivity contribution in [2.45, 2.75) is 57.6 Å². The minimum atomic E-state index is -4.11. The Morgan fingerprint density at radius 3 is 2.32 bits per heavy atom. The molecule has 2 aromatic rings. The highest BCUT2D eigenvalue weighted by Crippen LogP contribution is 2.35. The number of nitrogens with zero attached hydrogens (tertiary/aromatic N) is 2. The predicted octanol–water partition coefficient (Wildman–Crippen LogP) is 3.80. The average molecular weight is 516 g/mol. The number of piperidine rings is 2. The molecule has 37 heavy (non-hydrogen) atoms. The van der Waals surface area contributed by atoms with E-state index >= 15 is 0 Å². The summed E-state index contributed by atoms with van der Waals surface area (Å²) in [6, 6.07) is 12.3. The van der Waals surface area contributed by atoms with E-state index < -0.39 is 24.0 Å². The second-order valence-electron chi connectivity index (χ2n) is 9.88. The highest BCUT2D eigenvalue weighted by Gasteiger charge is 2.41. The number of fused-ring (bicyclic) bond motifs is 1. The van der Waals surface area contributed by atoms with Gasteiger partial charge in [0.1, 0.15) is 18.4 Å². The van der Waals surface area contributed by atoms with Crippen LogP contribution in [0.3, 0.4) is 0 Å². The van der Waals surface area contributed by atoms with Crippen molar-refractivity contribution in [3.63, 3.8) is 0 Å². The molecule has 0 aromatic heterocycles. The molecule has 2 saturated heterocycles. The number of alkyl halides is 3. The largest absolute Gasteiger partial charge is 0.489 e.